The Morgan fingerprint density at radius 1 is 1.00 bits per heavy atom. The average molecular weight is 419 g/mol. The number of nitrogens with one attached hydrogen (secondary N) is 1. The molecule has 0 saturated carbocycles. The summed E-state index contributed by atoms with van der Waals surface area (Å²) in [6.45, 7) is 0.217. The van der Waals surface area contributed by atoms with Gasteiger partial charge in [0.2, 0.25) is 5.91 Å². The van der Waals surface area contributed by atoms with E-state index in [0.717, 1.165) is 22.7 Å². The summed E-state index contributed by atoms with van der Waals surface area (Å²) in [4.78, 5) is 29.5. The van der Waals surface area contributed by atoms with Crippen LogP contribution >= 0.6 is 0 Å². The first kappa shape index (κ1) is 20.1. The van der Waals surface area contributed by atoms with Crippen LogP contribution in [0, 0.1) is 0 Å². The molecule has 31 heavy (non-hydrogen) atoms. The van der Waals surface area contributed by atoms with Crippen molar-refractivity contribution in [3.05, 3.63) is 77.0 Å². The Hall–Kier alpha value is -4.14. The van der Waals surface area contributed by atoms with E-state index < -0.39 is 0 Å². The quantitative estimate of drug-likeness (QED) is 0.491. The van der Waals surface area contributed by atoms with E-state index in [1.807, 2.05) is 36.4 Å². The van der Waals surface area contributed by atoms with Gasteiger partial charge in [0.05, 0.1) is 26.1 Å². The van der Waals surface area contributed by atoms with E-state index in [0.29, 0.717) is 17.6 Å². The van der Waals surface area contributed by atoms with Crippen LogP contribution in [0.2, 0.25) is 0 Å². The lowest BCUT2D eigenvalue weighted by Gasteiger charge is -2.08. The molecule has 1 N–H and O–H groups in total. The van der Waals surface area contributed by atoms with Crippen molar-refractivity contribution in [2.75, 3.05) is 14.2 Å². The first-order chi connectivity index (χ1) is 15.1. The zero-order valence-electron chi connectivity index (χ0n) is 17.1. The number of rotatable bonds is 7. The number of methoxy groups -OCH3 is 2. The molecule has 0 spiro atoms. The number of carbonyl (C=O) groups is 1. The molecule has 0 unspecified atom stereocenters. The highest BCUT2D eigenvalue weighted by atomic mass is 16.5. The van der Waals surface area contributed by atoms with Gasteiger partial charge in [-0.15, -0.1) is 0 Å². The summed E-state index contributed by atoms with van der Waals surface area (Å²) in [5, 5.41) is 7.42. The third kappa shape index (κ3) is 4.25. The van der Waals surface area contributed by atoms with Gasteiger partial charge in [0.15, 0.2) is 5.65 Å². The molecule has 0 radical (unpaired) electrons. The highest BCUT2D eigenvalue weighted by Crippen LogP contribution is 2.17. The fourth-order valence-corrected chi connectivity index (χ4v) is 3.13. The summed E-state index contributed by atoms with van der Waals surface area (Å²) in [6, 6.07) is 14.6. The molecule has 0 fully saturated rings. The topological polar surface area (TPSA) is 100 Å². The Morgan fingerprint density at radius 3 is 2.29 bits per heavy atom. The van der Waals surface area contributed by atoms with Crippen LogP contribution in [0.3, 0.4) is 0 Å². The van der Waals surface area contributed by atoms with Gasteiger partial charge in [-0.1, -0.05) is 12.1 Å². The average Bonchev–Trinajstić information content (AvgIpc) is 3.25. The van der Waals surface area contributed by atoms with Gasteiger partial charge in [0.1, 0.15) is 29.8 Å². The largest absolute Gasteiger partial charge is 0.497 e. The molecule has 0 aliphatic heterocycles. The number of nitrogens with zero attached hydrogens (tertiary/aromatic N) is 4. The number of aromatic nitrogens is 4. The Labute approximate surface area is 177 Å². The summed E-state index contributed by atoms with van der Waals surface area (Å²) in [7, 11) is 3.19. The van der Waals surface area contributed by atoms with E-state index >= 15 is 0 Å². The van der Waals surface area contributed by atoms with Gasteiger partial charge in [-0.3, -0.25) is 14.2 Å². The Morgan fingerprint density at radius 2 is 1.65 bits per heavy atom. The molecule has 0 aliphatic rings. The van der Waals surface area contributed by atoms with Gasteiger partial charge in [0, 0.05) is 6.54 Å². The fraction of sp³-hybridized carbons (Fsp3) is 0.182. The smallest absolute Gasteiger partial charge is 0.264 e. The van der Waals surface area contributed by atoms with E-state index in [-0.39, 0.29) is 18.0 Å². The number of amides is 1. The minimum absolute atomic E-state index is 0.133. The molecule has 0 atom stereocenters. The third-order valence-corrected chi connectivity index (χ3v) is 4.83. The Bertz CT molecular complexity index is 1260. The van der Waals surface area contributed by atoms with Crippen molar-refractivity contribution >= 4 is 16.9 Å². The van der Waals surface area contributed by atoms with Crippen LogP contribution in [0.25, 0.3) is 16.7 Å². The van der Waals surface area contributed by atoms with Crippen LogP contribution in [-0.2, 0) is 17.9 Å². The summed E-state index contributed by atoms with van der Waals surface area (Å²) < 4.78 is 13.1. The maximum absolute atomic E-state index is 12.8. The second-order valence-electron chi connectivity index (χ2n) is 6.79. The van der Waals surface area contributed by atoms with Crippen molar-refractivity contribution in [1.29, 1.82) is 0 Å². The van der Waals surface area contributed by atoms with Crippen molar-refractivity contribution in [2.24, 2.45) is 0 Å². The van der Waals surface area contributed by atoms with Crippen molar-refractivity contribution in [3.63, 3.8) is 0 Å². The molecule has 0 aliphatic carbocycles. The minimum atomic E-state index is -0.329. The lowest BCUT2D eigenvalue weighted by Crippen LogP contribution is -2.32. The molecule has 0 bridgehead atoms. The van der Waals surface area contributed by atoms with Crippen LogP contribution in [0.4, 0.5) is 0 Å². The van der Waals surface area contributed by atoms with Crippen molar-refractivity contribution < 1.29 is 14.3 Å². The van der Waals surface area contributed by atoms with Crippen LogP contribution in [-0.4, -0.2) is 39.5 Å². The van der Waals surface area contributed by atoms with Crippen molar-refractivity contribution in [1.82, 2.24) is 24.6 Å². The highest BCUT2D eigenvalue weighted by Gasteiger charge is 2.13. The van der Waals surface area contributed by atoms with E-state index in [1.165, 1.54) is 17.1 Å². The molecule has 1 amide bonds. The Balaban J connectivity index is 1.48. The summed E-state index contributed by atoms with van der Waals surface area (Å²) in [5.74, 6) is 1.17. The molecule has 2 aromatic heterocycles. The summed E-state index contributed by atoms with van der Waals surface area (Å²) >= 11 is 0. The zero-order chi connectivity index (χ0) is 21.8. The zero-order valence-corrected chi connectivity index (χ0v) is 17.1. The highest BCUT2D eigenvalue weighted by molar-refractivity contribution is 5.77. The second-order valence-corrected chi connectivity index (χ2v) is 6.79. The third-order valence-electron chi connectivity index (χ3n) is 4.83. The van der Waals surface area contributed by atoms with Crippen LogP contribution in [0.1, 0.15) is 5.56 Å². The first-order valence-corrected chi connectivity index (χ1v) is 9.56. The van der Waals surface area contributed by atoms with E-state index in [2.05, 4.69) is 15.4 Å². The molecule has 9 heteroatoms. The number of hydrogen-bond acceptors (Lipinski definition) is 6. The summed E-state index contributed by atoms with van der Waals surface area (Å²) in [5.41, 5.74) is 1.77. The number of benzene rings is 2. The maximum Gasteiger partial charge on any atom is 0.264 e. The molecule has 2 heterocycles. The van der Waals surface area contributed by atoms with Crippen LogP contribution < -0.4 is 20.3 Å². The molecule has 4 rings (SSSR count). The summed E-state index contributed by atoms with van der Waals surface area (Å²) in [6.07, 6.45) is 2.82. The normalized spacial score (nSPS) is 10.8. The molecular formula is C22H21N5O4. The van der Waals surface area contributed by atoms with Crippen LogP contribution in [0.5, 0.6) is 11.5 Å². The number of ether oxygens (including phenoxy) is 2. The molecule has 0 saturated heterocycles. The molecule has 2 aromatic carbocycles. The lowest BCUT2D eigenvalue weighted by molar-refractivity contribution is -0.121. The molecule has 9 nitrogen and oxygen atoms in total. The number of fused-ring (bicyclic) bond motifs is 1. The van der Waals surface area contributed by atoms with Gasteiger partial charge >= 0.3 is 0 Å². The van der Waals surface area contributed by atoms with Gasteiger partial charge in [-0.05, 0) is 42.0 Å². The van der Waals surface area contributed by atoms with Crippen LogP contribution in [0.15, 0.2) is 65.8 Å². The van der Waals surface area contributed by atoms with Gasteiger partial charge in [0.25, 0.3) is 5.56 Å². The second kappa shape index (κ2) is 8.70. The predicted octanol–water partition coefficient (Wildman–Crippen LogP) is 1.92. The van der Waals surface area contributed by atoms with Gasteiger partial charge in [-0.25, -0.2) is 9.67 Å². The standard InChI is InChI=1S/C22H21N5O4/c1-30-17-7-3-15(4-8-17)11-23-20(28)13-26-14-24-21-19(22(26)29)12-25-27(21)16-5-9-18(31-2)10-6-16/h3-10,12,14H,11,13H2,1-2H3,(H,23,28). The van der Waals surface area contributed by atoms with E-state index in [1.54, 1.807) is 31.0 Å². The predicted molar refractivity (Wildman–Crippen MR) is 115 cm³/mol. The van der Waals surface area contributed by atoms with Crippen molar-refractivity contribution in [3.8, 4) is 17.2 Å². The van der Waals surface area contributed by atoms with E-state index in [4.69, 9.17) is 9.47 Å². The number of carbonyl (C=O) groups excluding carboxylic acids is 1. The Kier molecular flexibility index (Phi) is 5.65. The number of hydrogen-bond donors (Lipinski definition) is 1. The lowest BCUT2D eigenvalue weighted by atomic mass is 10.2. The molecular weight excluding hydrogens is 398 g/mol. The van der Waals surface area contributed by atoms with E-state index in [9.17, 15) is 9.59 Å². The monoisotopic (exact) mass is 419 g/mol. The first-order valence-electron chi connectivity index (χ1n) is 9.56. The van der Waals surface area contributed by atoms with Gasteiger partial charge in [-0.2, -0.15) is 5.10 Å². The van der Waals surface area contributed by atoms with Gasteiger partial charge < -0.3 is 14.8 Å². The fourth-order valence-electron chi connectivity index (χ4n) is 3.13. The van der Waals surface area contributed by atoms with Crippen molar-refractivity contribution in [2.45, 2.75) is 13.1 Å². The SMILES string of the molecule is COc1ccc(CNC(=O)Cn2cnc3c(cnn3-c3ccc(OC)cc3)c2=O)cc1. The molecule has 4 aromatic rings. The minimum Gasteiger partial charge on any atom is -0.497 e. The maximum atomic E-state index is 12.8. The molecule has 158 valence electrons.